The van der Waals surface area contributed by atoms with Crippen molar-refractivity contribution in [1.82, 2.24) is 15.0 Å². The highest BCUT2D eigenvalue weighted by Gasteiger charge is 2.00. The highest BCUT2D eigenvalue weighted by atomic mass is 14.9. The molecule has 1 N–H and O–H groups in total. The summed E-state index contributed by atoms with van der Waals surface area (Å²) in [6.07, 6.45) is 3.64. The molecule has 0 aliphatic rings. The number of H-pyrrole nitrogens is 1. The lowest BCUT2D eigenvalue weighted by Gasteiger charge is -1.95. The second-order valence-electron chi connectivity index (χ2n) is 3.10. The molecule has 0 bridgehead atoms. The van der Waals surface area contributed by atoms with E-state index in [1.807, 2.05) is 38.4 Å². The normalized spacial score (nSPS) is 10.3. The van der Waals surface area contributed by atoms with Crippen molar-refractivity contribution >= 4 is 0 Å². The second-order valence-corrected chi connectivity index (χ2v) is 3.10. The molecule has 0 aliphatic heterocycles. The molecule has 2 aromatic rings. The minimum absolute atomic E-state index is 0.880. The molecule has 2 aromatic heterocycles. The number of aromatic nitrogens is 3. The van der Waals surface area contributed by atoms with Crippen LogP contribution in [0, 0.1) is 13.8 Å². The lowest BCUT2D eigenvalue weighted by Crippen LogP contribution is -1.84. The van der Waals surface area contributed by atoms with E-state index < -0.39 is 0 Å². The molecule has 0 unspecified atom stereocenters. The Morgan fingerprint density at radius 1 is 1.08 bits per heavy atom. The van der Waals surface area contributed by atoms with Crippen LogP contribution in [0.15, 0.2) is 24.5 Å². The van der Waals surface area contributed by atoms with Crippen molar-refractivity contribution in [3.63, 3.8) is 0 Å². The summed E-state index contributed by atoms with van der Waals surface area (Å²) in [5, 5.41) is 0. The molecule has 0 fully saturated rings. The van der Waals surface area contributed by atoms with Crippen LogP contribution in [-0.4, -0.2) is 15.0 Å². The molecule has 0 amide bonds. The zero-order valence-electron chi connectivity index (χ0n) is 7.70. The molecule has 0 aliphatic carbocycles. The summed E-state index contributed by atoms with van der Waals surface area (Å²) < 4.78 is 0. The Balaban J connectivity index is 2.41. The molecule has 0 saturated heterocycles. The predicted octanol–water partition coefficient (Wildman–Crippen LogP) is 2.09. The molecule has 0 aromatic carbocycles. The van der Waals surface area contributed by atoms with Gasteiger partial charge in [0.15, 0.2) is 0 Å². The van der Waals surface area contributed by atoms with Gasteiger partial charge in [-0.25, -0.2) is 4.98 Å². The summed E-state index contributed by atoms with van der Waals surface area (Å²) >= 11 is 0. The third kappa shape index (κ3) is 1.59. The third-order valence-electron chi connectivity index (χ3n) is 1.89. The first-order valence-corrected chi connectivity index (χ1v) is 4.20. The molecule has 66 valence electrons. The van der Waals surface area contributed by atoms with Crippen LogP contribution < -0.4 is 0 Å². The highest BCUT2D eigenvalue weighted by Crippen LogP contribution is 2.13. The fourth-order valence-corrected chi connectivity index (χ4v) is 1.17. The summed E-state index contributed by atoms with van der Waals surface area (Å²) in [7, 11) is 0. The van der Waals surface area contributed by atoms with E-state index in [4.69, 9.17) is 0 Å². The van der Waals surface area contributed by atoms with Crippen molar-refractivity contribution in [2.45, 2.75) is 13.8 Å². The molecule has 0 spiro atoms. The van der Waals surface area contributed by atoms with E-state index in [9.17, 15) is 0 Å². The molecule has 0 atom stereocenters. The van der Waals surface area contributed by atoms with Crippen LogP contribution in [0.2, 0.25) is 0 Å². The van der Waals surface area contributed by atoms with E-state index >= 15 is 0 Å². The van der Waals surface area contributed by atoms with Crippen LogP contribution in [-0.2, 0) is 0 Å². The quantitative estimate of drug-likeness (QED) is 0.717. The predicted molar refractivity (Wildman–Crippen MR) is 51.3 cm³/mol. The molecular formula is C10H11N3. The Morgan fingerprint density at radius 3 is 2.46 bits per heavy atom. The lowest BCUT2D eigenvalue weighted by atomic mass is 10.2. The van der Waals surface area contributed by atoms with Gasteiger partial charge in [-0.2, -0.15) is 0 Å². The zero-order chi connectivity index (χ0) is 9.26. The van der Waals surface area contributed by atoms with Crippen LogP contribution in [0.4, 0.5) is 0 Å². The lowest BCUT2D eigenvalue weighted by molar-refractivity contribution is 1.18. The van der Waals surface area contributed by atoms with Gasteiger partial charge in [0.25, 0.3) is 0 Å². The van der Waals surface area contributed by atoms with Gasteiger partial charge >= 0.3 is 0 Å². The number of nitrogens with one attached hydrogen (secondary N) is 1. The smallest absolute Gasteiger partial charge is 0.139 e. The molecule has 3 nitrogen and oxygen atoms in total. The van der Waals surface area contributed by atoms with E-state index in [1.54, 1.807) is 0 Å². The number of rotatable bonds is 1. The summed E-state index contributed by atoms with van der Waals surface area (Å²) in [4.78, 5) is 11.6. The van der Waals surface area contributed by atoms with Crippen LogP contribution >= 0.6 is 0 Å². The van der Waals surface area contributed by atoms with E-state index in [-0.39, 0.29) is 0 Å². The minimum Gasteiger partial charge on any atom is -0.342 e. The summed E-state index contributed by atoms with van der Waals surface area (Å²) in [5.41, 5.74) is 3.11. The molecule has 13 heavy (non-hydrogen) atoms. The fraction of sp³-hybridized carbons (Fsp3) is 0.200. The van der Waals surface area contributed by atoms with Gasteiger partial charge in [0.1, 0.15) is 5.82 Å². The molecule has 2 rings (SSSR count). The monoisotopic (exact) mass is 173 g/mol. The van der Waals surface area contributed by atoms with Gasteiger partial charge in [-0.3, -0.25) is 4.98 Å². The van der Waals surface area contributed by atoms with Gasteiger partial charge in [0.05, 0.1) is 0 Å². The van der Waals surface area contributed by atoms with Gasteiger partial charge < -0.3 is 4.98 Å². The number of aryl methyl sites for hydroxylation is 2. The SMILES string of the molecule is Cc1ccc(-c2ncc(C)[nH]2)cn1. The van der Waals surface area contributed by atoms with Crippen LogP contribution in [0.5, 0.6) is 0 Å². The Kier molecular flexibility index (Phi) is 1.85. The topological polar surface area (TPSA) is 41.6 Å². The zero-order valence-corrected chi connectivity index (χ0v) is 7.70. The van der Waals surface area contributed by atoms with Gasteiger partial charge in [0, 0.05) is 29.3 Å². The maximum Gasteiger partial charge on any atom is 0.139 e. The van der Waals surface area contributed by atoms with Gasteiger partial charge in [0.2, 0.25) is 0 Å². The van der Waals surface area contributed by atoms with Crippen LogP contribution in [0.1, 0.15) is 11.4 Å². The first-order valence-electron chi connectivity index (χ1n) is 4.20. The molecule has 3 heteroatoms. The fourth-order valence-electron chi connectivity index (χ4n) is 1.17. The van der Waals surface area contributed by atoms with E-state index in [1.165, 1.54) is 0 Å². The number of hydrogen-bond donors (Lipinski definition) is 1. The largest absolute Gasteiger partial charge is 0.342 e. The second kappa shape index (κ2) is 3.01. The number of aromatic amines is 1. The number of hydrogen-bond acceptors (Lipinski definition) is 2. The Bertz CT molecular complexity index is 400. The first-order chi connectivity index (χ1) is 6.25. The van der Waals surface area contributed by atoms with Crippen molar-refractivity contribution in [2.24, 2.45) is 0 Å². The molecular weight excluding hydrogens is 162 g/mol. The number of nitrogens with zero attached hydrogens (tertiary/aromatic N) is 2. The Hall–Kier alpha value is -1.64. The van der Waals surface area contributed by atoms with Crippen molar-refractivity contribution in [3.8, 4) is 11.4 Å². The Labute approximate surface area is 76.9 Å². The number of imidazole rings is 1. The number of pyridine rings is 1. The van der Waals surface area contributed by atoms with Crippen molar-refractivity contribution in [2.75, 3.05) is 0 Å². The standard InChI is InChI=1S/C10H11N3/c1-7-3-4-9(6-11-7)10-12-5-8(2)13-10/h3-6H,1-2H3,(H,12,13). The average molecular weight is 173 g/mol. The van der Waals surface area contributed by atoms with Crippen LogP contribution in [0.3, 0.4) is 0 Å². The Morgan fingerprint density at radius 2 is 1.92 bits per heavy atom. The summed E-state index contributed by atoms with van der Waals surface area (Å²) in [6, 6.07) is 3.99. The van der Waals surface area contributed by atoms with Gasteiger partial charge in [-0.05, 0) is 26.0 Å². The molecule has 0 saturated carbocycles. The van der Waals surface area contributed by atoms with Crippen LogP contribution in [0.25, 0.3) is 11.4 Å². The maximum atomic E-state index is 4.22. The third-order valence-corrected chi connectivity index (χ3v) is 1.89. The highest BCUT2D eigenvalue weighted by molar-refractivity contribution is 5.53. The van der Waals surface area contributed by atoms with E-state index in [0.29, 0.717) is 0 Å². The summed E-state index contributed by atoms with van der Waals surface area (Å²) in [6.45, 7) is 3.95. The van der Waals surface area contributed by atoms with Gasteiger partial charge in [-0.1, -0.05) is 0 Å². The van der Waals surface area contributed by atoms with Crippen molar-refractivity contribution in [3.05, 3.63) is 35.9 Å². The minimum atomic E-state index is 0.880. The van der Waals surface area contributed by atoms with E-state index in [2.05, 4.69) is 15.0 Å². The van der Waals surface area contributed by atoms with E-state index in [0.717, 1.165) is 22.8 Å². The molecule has 2 heterocycles. The van der Waals surface area contributed by atoms with Crippen molar-refractivity contribution in [1.29, 1.82) is 0 Å². The maximum absolute atomic E-state index is 4.22. The van der Waals surface area contributed by atoms with Gasteiger partial charge in [-0.15, -0.1) is 0 Å². The molecule has 0 radical (unpaired) electrons. The average Bonchev–Trinajstić information content (AvgIpc) is 2.53. The summed E-state index contributed by atoms with van der Waals surface area (Å²) in [5.74, 6) is 0.880. The first kappa shape index (κ1) is 7.98. The van der Waals surface area contributed by atoms with Crippen molar-refractivity contribution < 1.29 is 0 Å².